The first-order valence-electron chi connectivity index (χ1n) is 12.3. The maximum Gasteiger partial charge on any atom is 0.309 e. The number of halogens is 1. The number of carbonyl (C=O) groups is 2. The van der Waals surface area contributed by atoms with Crippen LogP contribution in [-0.4, -0.2) is 41.7 Å². The van der Waals surface area contributed by atoms with E-state index in [0.717, 1.165) is 0 Å². The maximum absolute atomic E-state index is 14.1. The number of ketones is 1. The van der Waals surface area contributed by atoms with Gasteiger partial charge in [0.05, 0.1) is 19.6 Å². The summed E-state index contributed by atoms with van der Waals surface area (Å²) >= 11 is 0. The lowest BCUT2D eigenvalue weighted by Crippen LogP contribution is -2.30. The Kier molecular flexibility index (Phi) is 10.0. The van der Waals surface area contributed by atoms with E-state index >= 15 is 0 Å². The summed E-state index contributed by atoms with van der Waals surface area (Å²) in [5.41, 5.74) is 0.324. The third kappa shape index (κ3) is 7.21. The molecule has 1 N–H and O–H groups in total. The molecule has 0 saturated carbocycles. The number of ether oxygens (including phenoxy) is 4. The molecule has 2 aromatic carbocycles. The highest BCUT2D eigenvalue weighted by molar-refractivity contribution is 5.99. The molecule has 0 bridgehead atoms. The third-order valence-electron chi connectivity index (χ3n) is 5.74. The first kappa shape index (κ1) is 28.4. The van der Waals surface area contributed by atoms with E-state index in [1.807, 2.05) is 13.0 Å². The lowest BCUT2D eigenvalue weighted by atomic mass is 10.0. The molecular formula is C29H32FNO7. The minimum atomic E-state index is -0.848. The molecule has 3 rings (SSSR count). The molecule has 0 aliphatic heterocycles. The minimum Gasteiger partial charge on any atom is -0.503 e. The molecular weight excluding hydrogens is 493 g/mol. The van der Waals surface area contributed by atoms with Crippen molar-refractivity contribution >= 4 is 11.8 Å². The van der Waals surface area contributed by atoms with Gasteiger partial charge in [0.2, 0.25) is 0 Å². The number of hydrogen-bond acceptors (Lipinski definition) is 8. The van der Waals surface area contributed by atoms with Crippen molar-refractivity contribution in [2.75, 3.05) is 13.7 Å². The molecule has 1 heterocycles. The van der Waals surface area contributed by atoms with Crippen LogP contribution in [0.3, 0.4) is 0 Å². The summed E-state index contributed by atoms with van der Waals surface area (Å²) in [7, 11) is 1.36. The fraction of sp³-hybridized carbons (Fsp3) is 0.345. The summed E-state index contributed by atoms with van der Waals surface area (Å²) < 4.78 is 36.8. The number of benzene rings is 2. The number of nitrogens with zero attached hydrogens (tertiary/aromatic N) is 1. The van der Waals surface area contributed by atoms with Crippen molar-refractivity contribution in [1.82, 2.24) is 4.98 Å². The highest BCUT2D eigenvalue weighted by atomic mass is 19.1. The number of rotatable bonds is 13. The first-order chi connectivity index (χ1) is 18.2. The van der Waals surface area contributed by atoms with E-state index in [1.165, 1.54) is 31.5 Å². The van der Waals surface area contributed by atoms with Crippen LogP contribution in [0.4, 0.5) is 4.39 Å². The Bertz CT molecular complexity index is 1230. The van der Waals surface area contributed by atoms with E-state index < -0.39 is 35.7 Å². The Morgan fingerprint density at radius 1 is 1.05 bits per heavy atom. The Labute approximate surface area is 221 Å². The van der Waals surface area contributed by atoms with Crippen molar-refractivity contribution in [3.8, 4) is 23.0 Å². The highest BCUT2D eigenvalue weighted by Gasteiger charge is 2.31. The van der Waals surface area contributed by atoms with Gasteiger partial charge in [0.15, 0.2) is 29.1 Å². The molecule has 8 nitrogen and oxygen atoms in total. The third-order valence-corrected chi connectivity index (χ3v) is 5.74. The quantitative estimate of drug-likeness (QED) is 0.224. The van der Waals surface area contributed by atoms with Gasteiger partial charge in [0.25, 0.3) is 0 Å². The van der Waals surface area contributed by atoms with Crippen molar-refractivity contribution in [3.63, 3.8) is 0 Å². The Morgan fingerprint density at radius 3 is 2.47 bits per heavy atom. The second-order valence-corrected chi connectivity index (χ2v) is 8.76. The number of methoxy groups -OCH3 is 1. The zero-order valence-corrected chi connectivity index (χ0v) is 21.8. The number of esters is 1. The summed E-state index contributed by atoms with van der Waals surface area (Å²) in [5, 5.41) is 10.2. The zero-order valence-electron chi connectivity index (χ0n) is 21.8. The summed E-state index contributed by atoms with van der Waals surface area (Å²) in [6.45, 7) is 5.51. The standard InChI is InChI=1S/C29H32FNO7/c1-5-15-36-25-17-20(30)11-12-22(25)28(38-21-9-7-6-8-10-21)19(3)37-29(34)18(2)16-23(32)26-27(33)24(35-4)13-14-31-26/h6-14,17-19,28,33H,5,15-16H2,1-4H3/t18-,19+,28+/m1/s1. The van der Waals surface area contributed by atoms with Gasteiger partial charge in [-0.1, -0.05) is 32.0 Å². The van der Waals surface area contributed by atoms with Crippen LogP contribution in [-0.2, 0) is 9.53 Å². The molecule has 38 heavy (non-hydrogen) atoms. The van der Waals surface area contributed by atoms with Crippen LogP contribution in [0.15, 0.2) is 60.8 Å². The molecule has 3 atom stereocenters. The molecule has 0 aliphatic carbocycles. The van der Waals surface area contributed by atoms with Gasteiger partial charge in [0, 0.05) is 30.3 Å². The number of aromatic hydroxyl groups is 1. The van der Waals surface area contributed by atoms with Crippen LogP contribution >= 0.6 is 0 Å². The fourth-order valence-electron chi connectivity index (χ4n) is 3.76. The summed E-state index contributed by atoms with van der Waals surface area (Å²) in [6.07, 6.45) is 0.140. The molecule has 0 fully saturated rings. The maximum atomic E-state index is 14.1. The topological polar surface area (TPSA) is 104 Å². The van der Waals surface area contributed by atoms with Gasteiger partial charge in [-0.3, -0.25) is 9.59 Å². The van der Waals surface area contributed by atoms with Crippen LogP contribution < -0.4 is 14.2 Å². The number of carbonyl (C=O) groups excluding carboxylic acids is 2. The predicted octanol–water partition coefficient (Wildman–Crippen LogP) is 5.68. The van der Waals surface area contributed by atoms with Crippen LogP contribution in [0.2, 0.25) is 0 Å². The number of pyridine rings is 1. The molecule has 0 spiro atoms. The summed E-state index contributed by atoms with van der Waals surface area (Å²) in [4.78, 5) is 29.7. The van der Waals surface area contributed by atoms with Gasteiger partial charge in [-0.25, -0.2) is 9.37 Å². The number of Topliss-reactive ketones (excluding diaryl/α,β-unsaturated/α-hetero) is 1. The van der Waals surface area contributed by atoms with Gasteiger partial charge >= 0.3 is 5.97 Å². The molecule has 1 aromatic heterocycles. The van der Waals surface area contributed by atoms with Gasteiger partial charge in [-0.15, -0.1) is 0 Å². The van der Waals surface area contributed by atoms with E-state index in [0.29, 0.717) is 30.1 Å². The van der Waals surface area contributed by atoms with E-state index in [-0.39, 0.29) is 23.6 Å². The molecule has 0 saturated heterocycles. The van der Waals surface area contributed by atoms with E-state index in [1.54, 1.807) is 44.2 Å². The minimum absolute atomic E-state index is 0.105. The van der Waals surface area contributed by atoms with Crippen LogP contribution in [0.25, 0.3) is 0 Å². The molecule has 9 heteroatoms. The number of aromatic nitrogens is 1. The van der Waals surface area contributed by atoms with Crippen molar-refractivity contribution in [2.45, 2.75) is 45.8 Å². The SMILES string of the molecule is CCCOc1cc(F)ccc1[C@@H](Oc1ccccc1)[C@H](C)OC(=O)[C@H](C)CC(=O)c1nccc(OC)c1O. The Morgan fingerprint density at radius 2 is 1.79 bits per heavy atom. The molecule has 0 aliphatic rings. The summed E-state index contributed by atoms with van der Waals surface area (Å²) in [6, 6.07) is 14.5. The molecule has 0 unspecified atom stereocenters. The number of hydrogen-bond donors (Lipinski definition) is 1. The highest BCUT2D eigenvalue weighted by Crippen LogP contribution is 2.34. The van der Waals surface area contributed by atoms with E-state index in [2.05, 4.69) is 4.98 Å². The van der Waals surface area contributed by atoms with Gasteiger partial charge < -0.3 is 24.1 Å². The van der Waals surface area contributed by atoms with Crippen molar-refractivity contribution in [3.05, 3.63) is 77.9 Å². The zero-order chi connectivity index (χ0) is 27.7. The first-order valence-corrected chi connectivity index (χ1v) is 12.3. The lowest BCUT2D eigenvalue weighted by Gasteiger charge is -2.28. The van der Waals surface area contributed by atoms with Crippen LogP contribution in [0.5, 0.6) is 23.0 Å². The van der Waals surface area contributed by atoms with Crippen LogP contribution in [0, 0.1) is 11.7 Å². The van der Waals surface area contributed by atoms with Crippen LogP contribution in [0.1, 0.15) is 55.8 Å². The molecule has 0 radical (unpaired) electrons. The smallest absolute Gasteiger partial charge is 0.309 e. The van der Waals surface area contributed by atoms with Crippen molar-refractivity contribution in [2.24, 2.45) is 5.92 Å². The van der Waals surface area contributed by atoms with Gasteiger partial charge in [-0.05, 0) is 37.6 Å². The normalized spacial score (nSPS) is 13.2. The molecule has 3 aromatic rings. The predicted molar refractivity (Wildman–Crippen MR) is 138 cm³/mol. The van der Waals surface area contributed by atoms with Gasteiger partial charge in [0.1, 0.15) is 23.4 Å². The van der Waals surface area contributed by atoms with Crippen molar-refractivity contribution in [1.29, 1.82) is 0 Å². The average molecular weight is 526 g/mol. The molecule has 202 valence electrons. The van der Waals surface area contributed by atoms with E-state index in [9.17, 15) is 19.1 Å². The molecule has 0 amide bonds. The Hall–Kier alpha value is -4.14. The fourth-order valence-corrected chi connectivity index (χ4v) is 3.76. The van der Waals surface area contributed by atoms with E-state index in [4.69, 9.17) is 18.9 Å². The lowest BCUT2D eigenvalue weighted by molar-refractivity contribution is -0.157. The largest absolute Gasteiger partial charge is 0.503 e. The Balaban J connectivity index is 1.80. The summed E-state index contributed by atoms with van der Waals surface area (Å²) in [5.74, 6) is -1.97. The van der Waals surface area contributed by atoms with Crippen molar-refractivity contribution < 1.29 is 38.0 Å². The second-order valence-electron chi connectivity index (χ2n) is 8.76. The monoisotopic (exact) mass is 525 g/mol. The average Bonchev–Trinajstić information content (AvgIpc) is 2.91. The second kappa shape index (κ2) is 13.4. The van der Waals surface area contributed by atoms with Gasteiger partial charge in [-0.2, -0.15) is 0 Å². The number of para-hydroxylation sites is 1.